The van der Waals surface area contributed by atoms with Crippen LogP contribution in [-0.4, -0.2) is 24.4 Å². The normalized spacial score (nSPS) is 11.7. The average molecular weight is 511 g/mol. The summed E-state index contributed by atoms with van der Waals surface area (Å²) in [6, 6.07) is 15.5. The summed E-state index contributed by atoms with van der Waals surface area (Å²) in [5, 5.41) is 12.7. The maximum Gasteiger partial charge on any atom is 0.416 e. The van der Waals surface area contributed by atoms with Crippen LogP contribution in [0.25, 0.3) is 16.8 Å². The molecule has 0 bridgehead atoms. The number of aromatic nitrogens is 5. The van der Waals surface area contributed by atoms with Crippen molar-refractivity contribution in [3.05, 3.63) is 111 Å². The first-order valence-corrected chi connectivity index (χ1v) is 11.2. The lowest BCUT2D eigenvalue weighted by Crippen LogP contribution is -2.23. The Morgan fingerprint density at radius 3 is 2.36 bits per heavy atom. The fourth-order valence-corrected chi connectivity index (χ4v) is 3.88. The highest BCUT2D eigenvalue weighted by Gasteiger charge is 2.30. The molecule has 5 aromatic rings. The van der Waals surface area contributed by atoms with Crippen LogP contribution in [0.1, 0.15) is 16.7 Å². The van der Waals surface area contributed by atoms with E-state index in [4.69, 9.17) is 11.6 Å². The molecule has 0 aliphatic heterocycles. The van der Waals surface area contributed by atoms with Crippen LogP contribution in [-0.2, 0) is 19.3 Å². The molecule has 5 rings (SSSR count). The SMILES string of the molecule is O=c1n(Cc2ccc(C(F)(F)F)cc2)nc2c(NCc3cccnc3)c(-c3ccc(Cl)cc3)cnn12. The maximum atomic E-state index is 13.0. The predicted octanol–water partition coefficient (Wildman–Crippen LogP) is 5.29. The predicted molar refractivity (Wildman–Crippen MR) is 130 cm³/mol. The van der Waals surface area contributed by atoms with E-state index in [1.54, 1.807) is 30.7 Å². The summed E-state index contributed by atoms with van der Waals surface area (Å²) in [5.74, 6) is 0. The fourth-order valence-electron chi connectivity index (χ4n) is 3.75. The summed E-state index contributed by atoms with van der Waals surface area (Å²) in [6.45, 7) is 0.396. The lowest BCUT2D eigenvalue weighted by molar-refractivity contribution is -0.137. The van der Waals surface area contributed by atoms with Gasteiger partial charge < -0.3 is 5.32 Å². The van der Waals surface area contributed by atoms with Crippen molar-refractivity contribution < 1.29 is 13.2 Å². The van der Waals surface area contributed by atoms with Crippen molar-refractivity contribution in [2.24, 2.45) is 0 Å². The summed E-state index contributed by atoms with van der Waals surface area (Å²) in [7, 11) is 0. The zero-order valence-electron chi connectivity index (χ0n) is 18.6. The molecule has 0 unspecified atom stereocenters. The van der Waals surface area contributed by atoms with Crippen molar-refractivity contribution in [3.63, 3.8) is 0 Å². The van der Waals surface area contributed by atoms with Crippen LogP contribution >= 0.6 is 11.6 Å². The second-order valence-corrected chi connectivity index (χ2v) is 8.46. The molecule has 3 heterocycles. The van der Waals surface area contributed by atoms with E-state index in [2.05, 4.69) is 20.5 Å². The Morgan fingerprint density at radius 2 is 1.69 bits per heavy atom. The summed E-state index contributed by atoms with van der Waals surface area (Å²) in [5.41, 5.74) is 2.50. The minimum Gasteiger partial charge on any atom is -0.377 e. The second kappa shape index (κ2) is 9.46. The van der Waals surface area contributed by atoms with E-state index in [9.17, 15) is 18.0 Å². The Bertz CT molecular complexity index is 1560. The highest BCUT2D eigenvalue weighted by Crippen LogP contribution is 2.31. The molecule has 0 spiro atoms. The number of rotatable bonds is 6. The van der Waals surface area contributed by atoms with Crippen LogP contribution in [0, 0.1) is 0 Å². The molecule has 182 valence electrons. The van der Waals surface area contributed by atoms with Crippen LogP contribution in [0.4, 0.5) is 18.9 Å². The van der Waals surface area contributed by atoms with Gasteiger partial charge in [-0.05, 0) is 47.0 Å². The van der Waals surface area contributed by atoms with Gasteiger partial charge in [0.15, 0.2) is 0 Å². The average Bonchev–Trinajstić information content (AvgIpc) is 3.19. The van der Waals surface area contributed by atoms with Crippen molar-refractivity contribution in [2.75, 3.05) is 5.32 Å². The van der Waals surface area contributed by atoms with Gasteiger partial charge in [-0.2, -0.15) is 22.8 Å². The molecule has 11 heteroatoms. The summed E-state index contributed by atoms with van der Waals surface area (Å²) < 4.78 is 41.0. The van der Waals surface area contributed by atoms with E-state index in [-0.39, 0.29) is 12.2 Å². The Labute approximate surface area is 207 Å². The standard InChI is InChI=1S/C25H18ClF3N6O/c26-20-9-5-18(6-10-20)21-14-32-35-23(22(21)31-13-17-2-1-11-30-12-17)33-34(24(35)36)15-16-3-7-19(8-4-16)25(27,28)29/h1-12,14,31H,13,15H2. The van der Waals surface area contributed by atoms with E-state index in [1.165, 1.54) is 16.8 Å². The first-order chi connectivity index (χ1) is 17.3. The Kier molecular flexibility index (Phi) is 6.19. The molecule has 1 N–H and O–H groups in total. The number of nitrogens with zero attached hydrogens (tertiary/aromatic N) is 5. The lowest BCUT2D eigenvalue weighted by Gasteiger charge is -2.12. The highest BCUT2D eigenvalue weighted by molar-refractivity contribution is 6.30. The number of fused-ring (bicyclic) bond motifs is 1. The first kappa shape index (κ1) is 23.6. The van der Waals surface area contributed by atoms with E-state index in [0.29, 0.717) is 28.4 Å². The van der Waals surface area contributed by atoms with Gasteiger partial charge in [0.1, 0.15) is 0 Å². The van der Waals surface area contributed by atoms with Gasteiger partial charge in [-0.15, -0.1) is 5.10 Å². The van der Waals surface area contributed by atoms with E-state index >= 15 is 0 Å². The third-order valence-corrected chi connectivity index (χ3v) is 5.83. The number of benzene rings is 2. The zero-order chi connectivity index (χ0) is 25.3. The Balaban J connectivity index is 1.56. The zero-order valence-corrected chi connectivity index (χ0v) is 19.3. The molecule has 0 aliphatic rings. The van der Waals surface area contributed by atoms with Gasteiger partial charge >= 0.3 is 11.9 Å². The van der Waals surface area contributed by atoms with E-state index < -0.39 is 17.4 Å². The Morgan fingerprint density at radius 1 is 0.944 bits per heavy atom. The molecule has 0 amide bonds. The number of hydrogen-bond donors (Lipinski definition) is 1. The minimum atomic E-state index is -4.44. The highest BCUT2D eigenvalue weighted by atomic mass is 35.5. The molecule has 0 atom stereocenters. The molecular formula is C25H18ClF3N6O. The number of hydrogen-bond acceptors (Lipinski definition) is 5. The topological polar surface area (TPSA) is 77.1 Å². The van der Waals surface area contributed by atoms with Crippen molar-refractivity contribution in [2.45, 2.75) is 19.3 Å². The van der Waals surface area contributed by atoms with Crippen molar-refractivity contribution in [1.82, 2.24) is 24.4 Å². The van der Waals surface area contributed by atoms with E-state index in [1.807, 2.05) is 24.3 Å². The minimum absolute atomic E-state index is 0.0152. The number of halogens is 4. The van der Waals surface area contributed by atoms with Gasteiger partial charge in [-0.3, -0.25) is 4.98 Å². The van der Waals surface area contributed by atoms with Crippen molar-refractivity contribution in [1.29, 1.82) is 0 Å². The Hall–Kier alpha value is -4.18. The van der Waals surface area contributed by atoms with Crippen LogP contribution in [0.5, 0.6) is 0 Å². The lowest BCUT2D eigenvalue weighted by atomic mass is 10.1. The number of nitrogens with one attached hydrogen (secondary N) is 1. The molecule has 3 aromatic heterocycles. The molecule has 7 nitrogen and oxygen atoms in total. The maximum absolute atomic E-state index is 13.0. The van der Waals surface area contributed by atoms with Crippen LogP contribution in [0.3, 0.4) is 0 Å². The van der Waals surface area contributed by atoms with Crippen molar-refractivity contribution >= 4 is 22.9 Å². The quantitative estimate of drug-likeness (QED) is 0.336. The van der Waals surface area contributed by atoms with Crippen LogP contribution < -0.4 is 11.0 Å². The summed E-state index contributed by atoms with van der Waals surface area (Å²) >= 11 is 6.05. The van der Waals surface area contributed by atoms with Gasteiger partial charge in [-0.1, -0.05) is 41.9 Å². The third kappa shape index (κ3) is 4.80. The molecule has 0 saturated heterocycles. The third-order valence-electron chi connectivity index (χ3n) is 5.57. The molecule has 0 saturated carbocycles. The van der Waals surface area contributed by atoms with Gasteiger partial charge in [0.05, 0.1) is 24.0 Å². The molecule has 0 aliphatic carbocycles. The number of alkyl halides is 3. The van der Waals surface area contributed by atoms with Crippen LogP contribution in [0.2, 0.25) is 5.02 Å². The molecule has 0 radical (unpaired) electrons. The monoisotopic (exact) mass is 510 g/mol. The van der Waals surface area contributed by atoms with Gasteiger partial charge in [-0.25, -0.2) is 9.48 Å². The number of anilines is 1. The van der Waals surface area contributed by atoms with Crippen molar-refractivity contribution in [3.8, 4) is 11.1 Å². The van der Waals surface area contributed by atoms with Gasteiger partial charge in [0, 0.05) is 29.5 Å². The first-order valence-electron chi connectivity index (χ1n) is 10.8. The molecule has 2 aromatic carbocycles. The number of pyridine rings is 1. The van der Waals surface area contributed by atoms with Gasteiger partial charge in [0.2, 0.25) is 5.65 Å². The fraction of sp³-hybridized carbons (Fsp3) is 0.120. The van der Waals surface area contributed by atoms with Gasteiger partial charge in [0.25, 0.3) is 0 Å². The van der Waals surface area contributed by atoms with E-state index in [0.717, 1.165) is 27.8 Å². The summed E-state index contributed by atoms with van der Waals surface area (Å²) in [6.07, 6.45) is 0.529. The molecule has 36 heavy (non-hydrogen) atoms. The molecule has 0 fully saturated rings. The second-order valence-electron chi connectivity index (χ2n) is 8.03. The largest absolute Gasteiger partial charge is 0.416 e. The summed E-state index contributed by atoms with van der Waals surface area (Å²) in [4.78, 5) is 17.2. The van der Waals surface area contributed by atoms with Crippen LogP contribution in [0.15, 0.2) is 84.0 Å². The molecular weight excluding hydrogens is 493 g/mol. The smallest absolute Gasteiger partial charge is 0.377 e.